The third-order valence-corrected chi connectivity index (χ3v) is 1.72. The molecule has 0 rings (SSSR count). The van der Waals surface area contributed by atoms with Crippen LogP contribution in [0.2, 0.25) is 0 Å². The molecule has 0 aromatic carbocycles. The maximum atomic E-state index is 11.9. The van der Waals surface area contributed by atoms with Crippen LogP contribution in [0.1, 0.15) is 6.92 Å². The van der Waals surface area contributed by atoms with E-state index in [2.05, 4.69) is 5.16 Å². The van der Waals surface area contributed by atoms with Gasteiger partial charge in [-0.05, 0) is 6.92 Å². The van der Waals surface area contributed by atoms with E-state index in [1.54, 1.807) is 0 Å². The van der Waals surface area contributed by atoms with Gasteiger partial charge in [-0.1, -0.05) is 5.16 Å². The molecule has 0 heterocycles. The molecule has 0 aliphatic carbocycles. The van der Waals surface area contributed by atoms with Gasteiger partial charge in [0.15, 0.2) is 5.84 Å². The lowest BCUT2D eigenvalue weighted by Gasteiger charge is -2.21. The van der Waals surface area contributed by atoms with Crippen molar-refractivity contribution < 1.29 is 23.2 Å². The zero-order valence-corrected chi connectivity index (χ0v) is 8.25. The molecule has 5 nitrogen and oxygen atoms in total. The number of hydrogen-bond donors (Lipinski definition) is 2. The first-order valence-corrected chi connectivity index (χ1v) is 3.98. The standard InChI is InChI=1S/C7H12F3N3O2/c1-4(5(11)12-15)6(14)13(2)3-7(8,9)10/h4,15H,3H2,1-2H3,(H2,11,12). The molecule has 0 aromatic rings. The Hall–Kier alpha value is -1.47. The van der Waals surface area contributed by atoms with Crippen LogP contribution in [0.15, 0.2) is 5.16 Å². The van der Waals surface area contributed by atoms with Crippen LogP contribution in [0.3, 0.4) is 0 Å². The molecule has 0 saturated heterocycles. The van der Waals surface area contributed by atoms with Crippen LogP contribution in [0.4, 0.5) is 13.2 Å². The van der Waals surface area contributed by atoms with E-state index >= 15 is 0 Å². The zero-order valence-electron chi connectivity index (χ0n) is 8.25. The van der Waals surface area contributed by atoms with Gasteiger partial charge in [0.2, 0.25) is 5.91 Å². The molecule has 88 valence electrons. The Morgan fingerprint density at radius 3 is 2.40 bits per heavy atom. The average Bonchev–Trinajstić information content (AvgIpc) is 2.11. The Bertz CT molecular complexity index is 265. The summed E-state index contributed by atoms with van der Waals surface area (Å²) in [5.74, 6) is -2.36. The summed E-state index contributed by atoms with van der Waals surface area (Å²) in [6.45, 7) is -0.112. The van der Waals surface area contributed by atoms with Crippen LogP contribution >= 0.6 is 0 Å². The van der Waals surface area contributed by atoms with Crippen molar-refractivity contribution in [3.63, 3.8) is 0 Å². The van der Waals surface area contributed by atoms with Crippen LogP contribution < -0.4 is 5.73 Å². The van der Waals surface area contributed by atoms with E-state index in [4.69, 9.17) is 10.9 Å². The number of carbonyl (C=O) groups is 1. The molecule has 0 spiro atoms. The molecule has 0 bridgehead atoms. The molecule has 0 aliphatic rings. The number of amidine groups is 1. The maximum absolute atomic E-state index is 11.9. The van der Waals surface area contributed by atoms with E-state index in [9.17, 15) is 18.0 Å². The second-order valence-electron chi connectivity index (χ2n) is 3.06. The molecule has 15 heavy (non-hydrogen) atoms. The molecule has 1 unspecified atom stereocenters. The molecule has 1 amide bonds. The fourth-order valence-corrected chi connectivity index (χ4v) is 0.891. The molecular formula is C7H12F3N3O2. The molecule has 0 aromatic heterocycles. The maximum Gasteiger partial charge on any atom is 0.406 e. The number of amides is 1. The highest BCUT2D eigenvalue weighted by Gasteiger charge is 2.33. The van der Waals surface area contributed by atoms with Gasteiger partial charge in [-0.15, -0.1) is 0 Å². The second-order valence-corrected chi connectivity index (χ2v) is 3.06. The summed E-state index contributed by atoms with van der Waals surface area (Å²) in [5, 5.41) is 10.8. The van der Waals surface area contributed by atoms with Crippen molar-refractivity contribution in [2.24, 2.45) is 16.8 Å². The summed E-state index contributed by atoms with van der Waals surface area (Å²) in [4.78, 5) is 11.7. The first-order valence-electron chi connectivity index (χ1n) is 3.98. The predicted octanol–water partition coefficient (Wildman–Crippen LogP) is 0.390. The number of oxime groups is 1. The Kier molecular flexibility index (Phi) is 4.38. The molecule has 0 aliphatic heterocycles. The van der Waals surface area contributed by atoms with E-state index < -0.39 is 30.4 Å². The number of carbonyl (C=O) groups excluding carboxylic acids is 1. The summed E-state index contributed by atoms with van der Waals surface area (Å²) < 4.78 is 35.7. The summed E-state index contributed by atoms with van der Waals surface area (Å²) in [6.07, 6.45) is -4.46. The largest absolute Gasteiger partial charge is 0.409 e. The summed E-state index contributed by atoms with van der Waals surface area (Å²) in [7, 11) is 0.997. The predicted molar refractivity (Wildman–Crippen MR) is 46.3 cm³/mol. The fourth-order valence-electron chi connectivity index (χ4n) is 0.891. The lowest BCUT2D eigenvalue weighted by molar-refractivity contribution is -0.159. The number of alkyl halides is 3. The first-order chi connectivity index (χ1) is 6.69. The van der Waals surface area contributed by atoms with Gasteiger partial charge in [0, 0.05) is 7.05 Å². The molecular weight excluding hydrogens is 215 g/mol. The summed E-state index contributed by atoms with van der Waals surface area (Å²) >= 11 is 0. The Morgan fingerprint density at radius 2 is 2.07 bits per heavy atom. The highest BCUT2D eigenvalue weighted by molar-refractivity contribution is 6.01. The minimum atomic E-state index is -4.46. The third-order valence-electron chi connectivity index (χ3n) is 1.72. The minimum Gasteiger partial charge on any atom is -0.409 e. The minimum absolute atomic E-state index is 0.422. The van der Waals surface area contributed by atoms with Gasteiger partial charge in [-0.2, -0.15) is 13.2 Å². The van der Waals surface area contributed by atoms with Crippen molar-refractivity contribution in [3.05, 3.63) is 0 Å². The molecule has 1 atom stereocenters. The van der Waals surface area contributed by atoms with E-state index in [0.717, 1.165) is 7.05 Å². The topological polar surface area (TPSA) is 78.9 Å². The lowest BCUT2D eigenvalue weighted by Crippen LogP contribution is -2.42. The number of nitrogens with two attached hydrogens (primary N) is 1. The Labute approximate surface area is 84.3 Å². The van der Waals surface area contributed by atoms with Crippen molar-refractivity contribution in [1.82, 2.24) is 4.90 Å². The lowest BCUT2D eigenvalue weighted by atomic mass is 10.1. The molecule has 3 N–H and O–H groups in total. The van der Waals surface area contributed by atoms with Gasteiger partial charge < -0.3 is 15.8 Å². The van der Waals surface area contributed by atoms with Crippen LogP contribution in [0.5, 0.6) is 0 Å². The quantitative estimate of drug-likeness (QED) is 0.317. The van der Waals surface area contributed by atoms with E-state index in [1.807, 2.05) is 0 Å². The van der Waals surface area contributed by atoms with Crippen molar-refractivity contribution in [3.8, 4) is 0 Å². The van der Waals surface area contributed by atoms with Gasteiger partial charge in [0.05, 0.1) is 5.92 Å². The number of rotatable bonds is 3. The van der Waals surface area contributed by atoms with Crippen molar-refractivity contribution in [1.29, 1.82) is 0 Å². The van der Waals surface area contributed by atoms with Gasteiger partial charge in [0.25, 0.3) is 0 Å². The normalized spacial score (nSPS) is 14.9. The molecule has 8 heteroatoms. The van der Waals surface area contributed by atoms with E-state index in [-0.39, 0.29) is 0 Å². The van der Waals surface area contributed by atoms with Crippen LogP contribution in [0.25, 0.3) is 0 Å². The number of nitrogens with zero attached hydrogens (tertiary/aromatic N) is 2. The van der Waals surface area contributed by atoms with Crippen molar-refractivity contribution in [2.45, 2.75) is 13.1 Å². The van der Waals surface area contributed by atoms with Gasteiger partial charge >= 0.3 is 6.18 Å². The highest BCUT2D eigenvalue weighted by atomic mass is 19.4. The smallest absolute Gasteiger partial charge is 0.406 e. The number of halogens is 3. The van der Waals surface area contributed by atoms with E-state index in [1.165, 1.54) is 6.92 Å². The van der Waals surface area contributed by atoms with Crippen LogP contribution in [-0.2, 0) is 4.79 Å². The van der Waals surface area contributed by atoms with Crippen LogP contribution in [-0.4, -0.2) is 41.6 Å². The fraction of sp³-hybridized carbons (Fsp3) is 0.714. The summed E-state index contributed by atoms with van der Waals surface area (Å²) in [5.41, 5.74) is 5.09. The molecule has 0 fully saturated rings. The third kappa shape index (κ3) is 4.52. The highest BCUT2D eigenvalue weighted by Crippen LogP contribution is 2.16. The van der Waals surface area contributed by atoms with Gasteiger partial charge in [-0.25, -0.2) is 0 Å². The Balaban J connectivity index is 4.46. The average molecular weight is 227 g/mol. The van der Waals surface area contributed by atoms with E-state index in [0.29, 0.717) is 4.90 Å². The second kappa shape index (κ2) is 4.85. The first kappa shape index (κ1) is 13.5. The van der Waals surface area contributed by atoms with Crippen molar-refractivity contribution in [2.75, 3.05) is 13.6 Å². The molecule has 0 saturated carbocycles. The van der Waals surface area contributed by atoms with Gasteiger partial charge in [-0.3, -0.25) is 4.79 Å². The SMILES string of the molecule is CC(C(=O)N(C)CC(F)(F)F)C(N)=NO. The van der Waals surface area contributed by atoms with Crippen LogP contribution in [0, 0.1) is 5.92 Å². The Morgan fingerprint density at radius 1 is 1.60 bits per heavy atom. The monoisotopic (exact) mass is 227 g/mol. The van der Waals surface area contributed by atoms with Crippen molar-refractivity contribution >= 4 is 11.7 Å². The number of hydrogen-bond acceptors (Lipinski definition) is 3. The van der Waals surface area contributed by atoms with Gasteiger partial charge in [0.1, 0.15) is 6.54 Å². The summed E-state index contributed by atoms with van der Waals surface area (Å²) in [6, 6.07) is 0. The zero-order chi connectivity index (χ0) is 12.2. The molecule has 0 radical (unpaired) electrons.